The third-order valence-corrected chi connectivity index (χ3v) is 5.28. The van der Waals surface area contributed by atoms with Gasteiger partial charge in [-0.1, -0.05) is 6.07 Å². The van der Waals surface area contributed by atoms with Crippen LogP contribution in [0.25, 0.3) is 0 Å². The van der Waals surface area contributed by atoms with E-state index in [0.29, 0.717) is 17.8 Å². The third-order valence-electron chi connectivity index (χ3n) is 4.28. The summed E-state index contributed by atoms with van der Waals surface area (Å²) >= 11 is 1.44. The Morgan fingerprint density at radius 1 is 1.17 bits per heavy atom. The summed E-state index contributed by atoms with van der Waals surface area (Å²) in [4.78, 5) is 28.3. The minimum Gasteiger partial charge on any atom is -0.339 e. The number of hydrogen-bond acceptors (Lipinski definition) is 3. The Labute approximate surface area is 140 Å². The Morgan fingerprint density at radius 2 is 1.96 bits per heavy atom. The Bertz CT molecular complexity index is 766. The predicted octanol–water partition coefficient (Wildman–Crippen LogP) is 3.21. The SMILES string of the molecule is Cc1ccc(C(=O)N[C@@H]2CCN(c3ccc(C)c(C)c3)C2=O)s1. The molecule has 1 fully saturated rings. The number of hydrogen-bond donors (Lipinski definition) is 1. The van der Waals surface area contributed by atoms with Crippen molar-refractivity contribution in [1.29, 1.82) is 0 Å². The van der Waals surface area contributed by atoms with Crippen LogP contribution in [0.5, 0.6) is 0 Å². The number of anilines is 1. The summed E-state index contributed by atoms with van der Waals surface area (Å²) in [6.45, 7) is 6.69. The number of nitrogens with one attached hydrogen (secondary N) is 1. The molecule has 1 aliphatic heterocycles. The summed E-state index contributed by atoms with van der Waals surface area (Å²) in [6, 6.07) is 9.30. The molecule has 1 aromatic carbocycles. The van der Waals surface area contributed by atoms with Gasteiger partial charge in [0.05, 0.1) is 4.88 Å². The Morgan fingerprint density at radius 3 is 2.61 bits per heavy atom. The van der Waals surface area contributed by atoms with E-state index in [4.69, 9.17) is 0 Å². The van der Waals surface area contributed by atoms with Gasteiger partial charge in [0.25, 0.3) is 5.91 Å². The molecule has 23 heavy (non-hydrogen) atoms. The van der Waals surface area contributed by atoms with Gasteiger partial charge in [0.2, 0.25) is 5.91 Å². The summed E-state index contributed by atoms with van der Waals surface area (Å²) < 4.78 is 0. The van der Waals surface area contributed by atoms with Crippen LogP contribution in [0.4, 0.5) is 5.69 Å². The van der Waals surface area contributed by atoms with Crippen molar-refractivity contribution in [3.8, 4) is 0 Å². The molecule has 2 heterocycles. The van der Waals surface area contributed by atoms with E-state index in [2.05, 4.69) is 12.2 Å². The van der Waals surface area contributed by atoms with Gasteiger partial charge in [-0.25, -0.2) is 0 Å². The molecule has 0 saturated carbocycles. The van der Waals surface area contributed by atoms with Crippen molar-refractivity contribution in [3.63, 3.8) is 0 Å². The summed E-state index contributed by atoms with van der Waals surface area (Å²) in [5.74, 6) is -0.196. The molecule has 1 saturated heterocycles. The van der Waals surface area contributed by atoms with Crippen LogP contribution < -0.4 is 10.2 Å². The largest absolute Gasteiger partial charge is 0.339 e. The Balaban J connectivity index is 1.71. The van der Waals surface area contributed by atoms with Crippen LogP contribution in [-0.4, -0.2) is 24.4 Å². The lowest BCUT2D eigenvalue weighted by atomic mass is 10.1. The average Bonchev–Trinajstić information content (AvgIpc) is 3.09. The molecular weight excluding hydrogens is 308 g/mol. The average molecular weight is 328 g/mol. The number of amides is 2. The fourth-order valence-electron chi connectivity index (χ4n) is 2.75. The maximum absolute atomic E-state index is 12.6. The second-order valence-corrected chi connectivity index (χ2v) is 7.27. The maximum Gasteiger partial charge on any atom is 0.262 e. The number of benzene rings is 1. The van der Waals surface area contributed by atoms with Crippen LogP contribution in [0, 0.1) is 20.8 Å². The van der Waals surface area contributed by atoms with Gasteiger partial charge in [-0.15, -0.1) is 11.3 Å². The van der Waals surface area contributed by atoms with E-state index in [1.165, 1.54) is 16.9 Å². The molecule has 1 aromatic heterocycles. The van der Waals surface area contributed by atoms with Gasteiger partial charge in [0.1, 0.15) is 6.04 Å². The third kappa shape index (κ3) is 3.15. The summed E-state index contributed by atoms with van der Waals surface area (Å²) in [6.07, 6.45) is 0.641. The van der Waals surface area contributed by atoms with E-state index in [-0.39, 0.29) is 11.8 Å². The number of thiophene rings is 1. The first kappa shape index (κ1) is 15.7. The molecule has 4 nitrogen and oxygen atoms in total. The standard InChI is InChI=1S/C18H20N2O2S/c1-11-4-6-14(10-12(11)2)20-9-8-15(18(20)22)19-17(21)16-7-5-13(3)23-16/h4-7,10,15H,8-9H2,1-3H3,(H,19,21)/t15-/m1/s1. The fraction of sp³-hybridized carbons (Fsp3) is 0.333. The molecule has 0 radical (unpaired) electrons. The first-order valence-electron chi connectivity index (χ1n) is 7.71. The highest BCUT2D eigenvalue weighted by Gasteiger charge is 2.34. The van der Waals surface area contributed by atoms with Crippen LogP contribution in [0.1, 0.15) is 32.1 Å². The van der Waals surface area contributed by atoms with E-state index < -0.39 is 6.04 Å². The molecule has 0 unspecified atom stereocenters. The first-order chi connectivity index (χ1) is 11.0. The van der Waals surface area contributed by atoms with Crippen molar-refractivity contribution in [2.75, 3.05) is 11.4 Å². The van der Waals surface area contributed by atoms with Gasteiger partial charge in [0, 0.05) is 17.1 Å². The van der Waals surface area contributed by atoms with Crippen molar-refractivity contribution >= 4 is 28.8 Å². The summed E-state index contributed by atoms with van der Waals surface area (Å²) in [7, 11) is 0. The molecule has 2 amide bonds. The number of aryl methyl sites for hydroxylation is 3. The molecule has 2 aromatic rings. The lowest BCUT2D eigenvalue weighted by Crippen LogP contribution is -2.41. The van der Waals surface area contributed by atoms with Gasteiger partial charge >= 0.3 is 0 Å². The lowest BCUT2D eigenvalue weighted by molar-refractivity contribution is -0.118. The maximum atomic E-state index is 12.6. The van der Waals surface area contributed by atoms with Gasteiger partial charge < -0.3 is 10.2 Å². The highest BCUT2D eigenvalue weighted by molar-refractivity contribution is 7.13. The molecule has 1 N–H and O–H groups in total. The quantitative estimate of drug-likeness (QED) is 0.940. The Kier molecular flexibility index (Phi) is 4.22. The molecule has 1 aliphatic rings. The summed E-state index contributed by atoms with van der Waals surface area (Å²) in [5.41, 5.74) is 3.27. The van der Waals surface area contributed by atoms with Gasteiger partial charge in [0.15, 0.2) is 0 Å². The normalized spacial score (nSPS) is 17.6. The molecular formula is C18H20N2O2S. The van der Waals surface area contributed by atoms with Crippen LogP contribution >= 0.6 is 11.3 Å². The first-order valence-corrected chi connectivity index (χ1v) is 8.53. The van der Waals surface area contributed by atoms with Crippen molar-refractivity contribution in [1.82, 2.24) is 5.32 Å². The van der Waals surface area contributed by atoms with E-state index in [0.717, 1.165) is 16.1 Å². The van der Waals surface area contributed by atoms with Gasteiger partial charge in [-0.2, -0.15) is 0 Å². The number of carbonyl (C=O) groups is 2. The van der Waals surface area contributed by atoms with Gasteiger partial charge in [-0.05, 0) is 62.6 Å². The van der Waals surface area contributed by atoms with E-state index >= 15 is 0 Å². The zero-order chi connectivity index (χ0) is 16.6. The molecule has 1 atom stereocenters. The number of carbonyl (C=O) groups excluding carboxylic acids is 2. The van der Waals surface area contributed by atoms with Crippen molar-refractivity contribution in [2.45, 2.75) is 33.2 Å². The van der Waals surface area contributed by atoms with Crippen molar-refractivity contribution < 1.29 is 9.59 Å². The zero-order valence-electron chi connectivity index (χ0n) is 13.6. The molecule has 3 rings (SSSR count). The Hall–Kier alpha value is -2.14. The minimum absolute atomic E-state index is 0.0325. The van der Waals surface area contributed by atoms with Crippen LogP contribution in [0.3, 0.4) is 0 Å². The topological polar surface area (TPSA) is 49.4 Å². The zero-order valence-corrected chi connectivity index (χ0v) is 14.4. The second-order valence-electron chi connectivity index (χ2n) is 5.98. The molecule has 120 valence electrons. The molecule has 0 aliphatic carbocycles. The van der Waals surface area contributed by atoms with Crippen LogP contribution in [-0.2, 0) is 4.79 Å². The van der Waals surface area contributed by atoms with Crippen molar-refractivity contribution in [3.05, 3.63) is 51.2 Å². The van der Waals surface area contributed by atoms with Crippen LogP contribution in [0.2, 0.25) is 0 Å². The molecule has 5 heteroatoms. The number of rotatable bonds is 3. The monoisotopic (exact) mass is 328 g/mol. The van der Waals surface area contributed by atoms with Crippen molar-refractivity contribution in [2.24, 2.45) is 0 Å². The van der Waals surface area contributed by atoms with E-state index in [9.17, 15) is 9.59 Å². The predicted molar refractivity (Wildman–Crippen MR) is 93.2 cm³/mol. The van der Waals surface area contributed by atoms with E-state index in [1.807, 2.05) is 38.1 Å². The smallest absolute Gasteiger partial charge is 0.262 e. The highest BCUT2D eigenvalue weighted by atomic mass is 32.1. The second kappa shape index (κ2) is 6.16. The molecule has 0 spiro atoms. The van der Waals surface area contributed by atoms with Gasteiger partial charge in [-0.3, -0.25) is 9.59 Å². The summed E-state index contributed by atoms with van der Waals surface area (Å²) in [5, 5.41) is 2.86. The van der Waals surface area contributed by atoms with E-state index in [1.54, 1.807) is 11.0 Å². The highest BCUT2D eigenvalue weighted by Crippen LogP contribution is 2.24. The minimum atomic E-state index is -0.438. The number of nitrogens with zero attached hydrogens (tertiary/aromatic N) is 1. The lowest BCUT2D eigenvalue weighted by Gasteiger charge is -2.18. The molecule has 0 bridgehead atoms. The van der Waals surface area contributed by atoms with Crippen LogP contribution in [0.15, 0.2) is 30.3 Å². The fourth-order valence-corrected chi connectivity index (χ4v) is 3.52.